The molecule has 0 aromatic heterocycles. The molecular formula is C31H21NO2S2. The molecule has 0 N–H and O–H groups in total. The lowest BCUT2D eigenvalue weighted by Crippen LogP contribution is -2.37. The Kier molecular flexibility index (Phi) is 5.96. The van der Waals surface area contributed by atoms with Crippen LogP contribution in [0.15, 0.2) is 135 Å². The predicted octanol–water partition coefficient (Wildman–Crippen LogP) is 7.51. The molecule has 1 unspecified atom stereocenters. The van der Waals surface area contributed by atoms with Gasteiger partial charge in [-0.3, -0.25) is 9.59 Å². The molecule has 0 fully saturated rings. The summed E-state index contributed by atoms with van der Waals surface area (Å²) in [6.07, 6.45) is 0.184. The van der Waals surface area contributed by atoms with Crippen LogP contribution in [0.25, 0.3) is 5.57 Å². The van der Waals surface area contributed by atoms with Crippen LogP contribution < -0.4 is 0 Å². The Morgan fingerprint density at radius 2 is 1.31 bits per heavy atom. The highest BCUT2D eigenvalue weighted by atomic mass is 32.2. The Hall–Kier alpha value is -3.67. The molecule has 0 bridgehead atoms. The standard InChI is InChI=1S/C31H21NO2S2/c33-26-20-31(27(21-12-4-1-5-13-21)28(26)35-22-14-6-2-7-15-22)24-18-10-11-19-25(24)32-29(31)30(34)36-23-16-8-3-9-17-23/h1-19H,20H2. The van der Waals surface area contributed by atoms with E-state index in [1.165, 1.54) is 23.5 Å². The van der Waals surface area contributed by atoms with Gasteiger partial charge in [0.25, 0.3) is 0 Å². The number of rotatable bonds is 5. The number of ketones is 1. The zero-order chi connectivity index (χ0) is 24.5. The minimum absolute atomic E-state index is 0.0321. The van der Waals surface area contributed by atoms with Crippen molar-refractivity contribution in [3.05, 3.63) is 131 Å². The fourth-order valence-corrected chi connectivity index (χ4v) is 6.94. The van der Waals surface area contributed by atoms with E-state index in [4.69, 9.17) is 4.99 Å². The van der Waals surface area contributed by atoms with Gasteiger partial charge in [-0.05, 0) is 58.8 Å². The van der Waals surface area contributed by atoms with Crippen LogP contribution in [0.2, 0.25) is 0 Å². The quantitative estimate of drug-likeness (QED) is 0.265. The van der Waals surface area contributed by atoms with Crippen LogP contribution in [0.4, 0.5) is 5.69 Å². The van der Waals surface area contributed by atoms with Crippen molar-refractivity contribution in [2.45, 2.75) is 21.6 Å². The molecule has 4 aromatic rings. The Balaban J connectivity index is 1.56. The average molecular weight is 504 g/mol. The third-order valence-electron chi connectivity index (χ3n) is 6.51. The summed E-state index contributed by atoms with van der Waals surface area (Å²) >= 11 is 2.64. The lowest BCUT2D eigenvalue weighted by Gasteiger charge is -2.30. The molecule has 174 valence electrons. The van der Waals surface area contributed by atoms with Crippen LogP contribution in [0, 0.1) is 0 Å². The zero-order valence-electron chi connectivity index (χ0n) is 19.3. The zero-order valence-corrected chi connectivity index (χ0v) is 20.9. The van der Waals surface area contributed by atoms with E-state index < -0.39 is 5.41 Å². The van der Waals surface area contributed by atoms with E-state index in [9.17, 15) is 9.59 Å². The summed E-state index contributed by atoms with van der Waals surface area (Å²) in [7, 11) is 0. The number of aliphatic imine (C=N–C) groups is 1. The summed E-state index contributed by atoms with van der Waals surface area (Å²) in [5.74, 6) is 0.0321. The highest BCUT2D eigenvalue weighted by Crippen LogP contribution is 2.58. The summed E-state index contributed by atoms with van der Waals surface area (Å²) in [6, 6.07) is 37.3. The highest BCUT2D eigenvalue weighted by molar-refractivity contribution is 8.15. The van der Waals surface area contributed by atoms with Gasteiger partial charge in [-0.15, -0.1) is 0 Å². The first-order valence-electron chi connectivity index (χ1n) is 11.7. The SMILES string of the molecule is O=C1CC2(C(C(=O)Sc3ccccc3)=Nc3ccccc32)C(c2ccccc2)=C1Sc1ccccc1. The van der Waals surface area contributed by atoms with Crippen LogP contribution in [-0.4, -0.2) is 16.6 Å². The van der Waals surface area contributed by atoms with E-state index in [2.05, 4.69) is 0 Å². The van der Waals surface area contributed by atoms with Crippen molar-refractivity contribution in [2.24, 2.45) is 4.99 Å². The fraction of sp³-hybridized carbons (Fsp3) is 0.0645. The lowest BCUT2D eigenvalue weighted by atomic mass is 9.70. The molecular weight excluding hydrogens is 482 g/mol. The van der Waals surface area contributed by atoms with Crippen LogP contribution in [0.5, 0.6) is 0 Å². The Morgan fingerprint density at radius 3 is 2.00 bits per heavy atom. The van der Waals surface area contributed by atoms with Gasteiger partial charge >= 0.3 is 0 Å². The van der Waals surface area contributed by atoms with Gasteiger partial charge in [0.15, 0.2) is 5.78 Å². The number of hydrogen-bond acceptors (Lipinski definition) is 5. The van der Waals surface area contributed by atoms with Crippen molar-refractivity contribution >= 4 is 51.4 Å². The van der Waals surface area contributed by atoms with Crippen LogP contribution in [0.1, 0.15) is 17.5 Å². The molecule has 1 heterocycles. The van der Waals surface area contributed by atoms with E-state index in [0.29, 0.717) is 10.6 Å². The largest absolute Gasteiger partial charge is 0.294 e. The van der Waals surface area contributed by atoms with Crippen LogP contribution in [0.3, 0.4) is 0 Å². The smallest absolute Gasteiger partial charge is 0.239 e. The van der Waals surface area contributed by atoms with Gasteiger partial charge in [0.05, 0.1) is 16.0 Å². The van der Waals surface area contributed by atoms with E-state index in [-0.39, 0.29) is 17.3 Å². The topological polar surface area (TPSA) is 46.5 Å². The van der Waals surface area contributed by atoms with Gasteiger partial charge in [-0.1, -0.05) is 96.7 Å². The normalized spacial score (nSPS) is 18.4. The molecule has 36 heavy (non-hydrogen) atoms. The van der Waals surface area contributed by atoms with Crippen LogP contribution in [-0.2, 0) is 15.0 Å². The predicted molar refractivity (Wildman–Crippen MR) is 148 cm³/mol. The number of nitrogens with zero attached hydrogens (tertiary/aromatic N) is 1. The van der Waals surface area contributed by atoms with Gasteiger partial charge in [-0.2, -0.15) is 0 Å². The fourth-order valence-electron chi connectivity index (χ4n) is 5.01. The molecule has 2 aliphatic rings. The maximum atomic E-state index is 13.9. The number of carbonyl (C=O) groups excluding carboxylic acids is 2. The second kappa shape index (κ2) is 9.41. The summed E-state index contributed by atoms with van der Waals surface area (Å²) in [5, 5.41) is -0.135. The van der Waals surface area contributed by atoms with Gasteiger partial charge < -0.3 is 0 Å². The Morgan fingerprint density at radius 1 is 0.722 bits per heavy atom. The van der Waals surface area contributed by atoms with Crippen molar-refractivity contribution in [3.8, 4) is 0 Å². The van der Waals surface area contributed by atoms with Gasteiger partial charge in [0, 0.05) is 16.2 Å². The lowest BCUT2D eigenvalue weighted by molar-refractivity contribution is -0.114. The summed E-state index contributed by atoms with van der Waals surface area (Å²) in [5.41, 5.74) is 2.97. The average Bonchev–Trinajstić information content (AvgIpc) is 3.40. The first-order chi connectivity index (χ1) is 17.7. The molecule has 0 amide bonds. The molecule has 1 aliphatic carbocycles. The third-order valence-corrected chi connectivity index (χ3v) is 8.54. The summed E-state index contributed by atoms with van der Waals surface area (Å²) in [4.78, 5) is 35.1. The van der Waals surface area contributed by atoms with Crippen molar-refractivity contribution in [1.82, 2.24) is 0 Å². The number of thioether (sulfide) groups is 2. The molecule has 0 radical (unpaired) electrons. The van der Waals surface area contributed by atoms with Gasteiger partial charge in [0.2, 0.25) is 5.12 Å². The first kappa shape index (κ1) is 22.8. The number of benzene rings is 4. The molecule has 4 aromatic carbocycles. The van der Waals surface area contributed by atoms with Crippen molar-refractivity contribution in [1.29, 1.82) is 0 Å². The Labute approximate surface area is 218 Å². The van der Waals surface area contributed by atoms with E-state index in [1.807, 2.05) is 115 Å². The molecule has 6 rings (SSSR count). The minimum Gasteiger partial charge on any atom is -0.294 e. The third kappa shape index (κ3) is 3.85. The van der Waals surface area contributed by atoms with Gasteiger partial charge in [-0.25, -0.2) is 4.99 Å². The molecule has 1 spiro atoms. The van der Waals surface area contributed by atoms with Crippen LogP contribution >= 0.6 is 23.5 Å². The van der Waals surface area contributed by atoms with Crippen molar-refractivity contribution in [3.63, 3.8) is 0 Å². The number of hydrogen-bond donors (Lipinski definition) is 0. The number of carbonyl (C=O) groups is 2. The molecule has 1 aliphatic heterocycles. The molecule has 3 nitrogen and oxygen atoms in total. The van der Waals surface area contributed by atoms with E-state index in [1.54, 1.807) is 0 Å². The number of fused-ring (bicyclic) bond motifs is 2. The van der Waals surface area contributed by atoms with Gasteiger partial charge in [0.1, 0.15) is 5.71 Å². The summed E-state index contributed by atoms with van der Waals surface area (Å²) < 4.78 is 0. The monoisotopic (exact) mass is 503 g/mol. The number of allylic oxidation sites excluding steroid dienone is 2. The second-order valence-electron chi connectivity index (χ2n) is 8.67. The van der Waals surface area contributed by atoms with E-state index in [0.717, 1.165) is 32.2 Å². The number of Topliss-reactive ketones (excluding diaryl/α,β-unsaturated/α-hetero) is 1. The maximum Gasteiger partial charge on any atom is 0.239 e. The van der Waals surface area contributed by atoms with Crippen molar-refractivity contribution in [2.75, 3.05) is 0 Å². The molecule has 0 saturated carbocycles. The Bertz CT molecular complexity index is 1530. The molecule has 5 heteroatoms. The van der Waals surface area contributed by atoms with E-state index >= 15 is 0 Å². The van der Waals surface area contributed by atoms with Crippen molar-refractivity contribution < 1.29 is 9.59 Å². The molecule has 1 atom stereocenters. The minimum atomic E-state index is -0.926. The molecule has 0 saturated heterocycles. The highest BCUT2D eigenvalue weighted by Gasteiger charge is 2.56. The summed E-state index contributed by atoms with van der Waals surface area (Å²) in [6.45, 7) is 0. The first-order valence-corrected chi connectivity index (χ1v) is 13.3. The second-order valence-corrected chi connectivity index (χ2v) is 10.8. The number of para-hydroxylation sites is 1. The maximum absolute atomic E-state index is 13.9.